The van der Waals surface area contributed by atoms with Gasteiger partial charge in [-0.3, -0.25) is 0 Å². The number of hydrogen-bond acceptors (Lipinski definition) is 6. The number of aromatic nitrogens is 1. The maximum Gasteiger partial charge on any atom is 0.161 e. The van der Waals surface area contributed by atoms with Crippen LogP contribution < -0.4 is 0 Å². The van der Waals surface area contributed by atoms with Crippen molar-refractivity contribution < 1.29 is 30.3 Å². The van der Waals surface area contributed by atoms with Gasteiger partial charge in [0.15, 0.2) is 5.60 Å². The van der Waals surface area contributed by atoms with Crippen LogP contribution in [-0.4, -0.2) is 68.1 Å². The molecule has 0 bridgehead atoms. The first-order valence-electron chi connectivity index (χ1n) is 5.56. The minimum Gasteiger partial charge on any atom is -0.387 e. The lowest BCUT2D eigenvalue weighted by atomic mass is 9.73. The molecule has 0 unspecified atom stereocenters. The van der Waals surface area contributed by atoms with E-state index >= 15 is 0 Å². The van der Waals surface area contributed by atoms with Crippen LogP contribution in [0.15, 0.2) is 18.3 Å². The highest BCUT2D eigenvalue weighted by molar-refractivity contribution is 5.23. The van der Waals surface area contributed by atoms with E-state index in [1.165, 1.54) is 19.4 Å². The molecular weight excluding hydrogens is 242 g/mol. The molecule has 6 atom stereocenters. The molecule has 0 aromatic carbocycles. The van der Waals surface area contributed by atoms with E-state index in [0.717, 1.165) is 0 Å². The molecular formula is C11H17NO6. The van der Waals surface area contributed by atoms with E-state index in [9.17, 15) is 25.5 Å². The summed E-state index contributed by atoms with van der Waals surface area (Å²) in [6.45, 7) is 0. The van der Waals surface area contributed by atoms with Gasteiger partial charge >= 0.3 is 0 Å². The first-order valence-corrected chi connectivity index (χ1v) is 5.56. The monoisotopic (exact) mass is 259 g/mol. The Kier molecular flexibility index (Phi) is 3.45. The van der Waals surface area contributed by atoms with Crippen LogP contribution in [0.4, 0.5) is 0 Å². The summed E-state index contributed by atoms with van der Waals surface area (Å²) in [6, 6.07) is 3.09. The van der Waals surface area contributed by atoms with Crippen molar-refractivity contribution in [1.82, 2.24) is 4.98 Å². The lowest BCUT2D eigenvalue weighted by Crippen LogP contribution is -2.69. The molecule has 0 radical (unpaired) electrons. The van der Waals surface area contributed by atoms with Gasteiger partial charge in [-0.15, -0.1) is 0 Å². The molecule has 1 aromatic heterocycles. The fourth-order valence-corrected chi connectivity index (χ4v) is 2.47. The number of ether oxygens (including phenoxy) is 1. The lowest BCUT2D eigenvalue weighted by Gasteiger charge is -2.48. The third-order valence-electron chi connectivity index (χ3n) is 3.50. The first kappa shape index (κ1) is 13.5. The first-order chi connectivity index (χ1) is 8.44. The molecule has 18 heavy (non-hydrogen) atoms. The summed E-state index contributed by atoms with van der Waals surface area (Å²) < 4.78 is 4.98. The third-order valence-corrected chi connectivity index (χ3v) is 3.50. The van der Waals surface area contributed by atoms with Gasteiger partial charge in [0.2, 0.25) is 0 Å². The normalized spacial score (nSPS) is 45.1. The van der Waals surface area contributed by atoms with Crippen molar-refractivity contribution in [2.24, 2.45) is 0 Å². The predicted octanol–water partition coefficient (Wildman–Crippen LogP) is -2.33. The molecule has 1 fully saturated rings. The van der Waals surface area contributed by atoms with Gasteiger partial charge in [-0.2, -0.15) is 0 Å². The van der Waals surface area contributed by atoms with E-state index in [0.29, 0.717) is 0 Å². The Morgan fingerprint density at radius 1 is 1.17 bits per heavy atom. The molecule has 1 aliphatic carbocycles. The molecule has 1 aliphatic rings. The molecule has 1 aromatic rings. The number of hydrogen-bond donors (Lipinski definition) is 6. The second kappa shape index (κ2) is 4.61. The van der Waals surface area contributed by atoms with Gasteiger partial charge < -0.3 is 35.3 Å². The van der Waals surface area contributed by atoms with Crippen LogP contribution in [0, 0.1) is 0 Å². The summed E-state index contributed by atoms with van der Waals surface area (Å²) in [6.07, 6.45) is -6.25. The highest BCUT2D eigenvalue weighted by atomic mass is 16.5. The van der Waals surface area contributed by atoms with Crippen LogP contribution in [0.2, 0.25) is 0 Å². The number of aromatic amines is 1. The molecule has 1 heterocycles. The quantitative estimate of drug-likeness (QED) is 0.354. The number of aliphatic hydroxyl groups excluding tert-OH is 4. The van der Waals surface area contributed by atoms with Crippen LogP contribution in [0.25, 0.3) is 0 Å². The lowest BCUT2D eigenvalue weighted by molar-refractivity contribution is -0.280. The van der Waals surface area contributed by atoms with Crippen molar-refractivity contribution in [1.29, 1.82) is 0 Å². The summed E-state index contributed by atoms with van der Waals surface area (Å²) in [5.41, 5.74) is -1.84. The molecule has 7 heteroatoms. The standard InChI is InChI=1S/C11H17NO6/c1-18-10-8(15)6(13)7(14)9(16)11(10,17)5-3-2-4-12-5/h2-4,6-10,12-17H,1H3/t6-,7-,8-,9+,10-,11-/m1/s1. The second-order valence-corrected chi connectivity index (χ2v) is 4.48. The average molecular weight is 259 g/mol. The molecule has 0 spiro atoms. The molecule has 1 saturated carbocycles. The van der Waals surface area contributed by atoms with Crippen molar-refractivity contribution >= 4 is 0 Å². The number of methoxy groups -OCH3 is 1. The van der Waals surface area contributed by atoms with Crippen LogP contribution in [-0.2, 0) is 10.3 Å². The van der Waals surface area contributed by atoms with E-state index < -0.39 is 36.1 Å². The Hall–Kier alpha value is -0.960. The van der Waals surface area contributed by atoms with Crippen molar-refractivity contribution in [2.45, 2.75) is 36.1 Å². The molecule has 2 rings (SSSR count). The summed E-state index contributed by atoms with van der Waals surface area (Å²) in [5, 5.41) is 49.7. The Morgan fingerprint density at radius 3 is 2.33 bits per heavy atom. The Bertz CT molecular complexity index is 396. The highest BCUT2D eigenvalue weighted by Gasteiger charge is 2.59. The SMILES string of the molecule is CO[C@@H]1[C@H](O)[C@H](O)[C@@H](O)[C@H](O)[C@]1(O)c1ccc[nH]1. The fourth-order valence-electron chi connectivity index (χ4n) is 2.47. The van der Waals surface area contributed by atoms with Crippen molar-refractivity contribution in [3.63, 3.8) is 0 Å². The molecule has 7 nitrogen and oxygen atoms in total. The minimum atomic E-state index is -2.03. The summed E-state index contributed by atoms with van der Waals surface area (Å²) in [7, 11) is 1.24. The minimum absolute atomic E-state index is 0.187. The predicted molar refractivity (Wildman–Crippen MR) is 59.5 cm³/mol. The van der Waals surface area contributed by atoms with Crippen molar-refractivity contribution in [3.05, 3.63) is 24.0 Å². The van der Waals surface area contributed by atoms with Gasteiger partial charge in [0.1, 0.15) is 30.5 Å². The van der Waals surface area contributed by atoms with Crippen molar-refractivity contribution in [3.8, 4) is 0 Å². The van der Waals surface area contributed by atoms with Crippen LogP contribution in [0.5, 0.6) is 0 Å². The van der Waals surface area contributed by atoms with E-state index in [2.05, 4.69) is 4.98 Å². The van der Waals surface area contributed by atoms with Gasteiger partial charge in [0.25, 0.3) is 0 Å². The van der Waals surface area contributed by atoms with E-state index in [-0.39, 0.29) is 5.69 Å². The molecule has 0 aliphatic heterocycles. The van der Waals surface area contributed by atoms with Gasteiger partial charge in [0, 0.05) is 13.3 Å². The Balaban J connectivity index is 2.48. The third kappa shape index (κ3) is 1.68. The van der Waals surface area contributed by atoms with Crippen LogP contribution >= 0.6 is 0 Å². The number of rotatable bonds is 2. The maximum atomic E-state index is 10.6. The van der Waals surface area contributed by atoms with E-state index in [1.54, 1.807) is 6.07 Å². The average Bonchev–Trinajstić information content (AvgIpc) is 2.89. The van der Waals surface area contributed by atoms with Gasteiger partial charge in [-0.25, -0.2) is 0 Å². The Labute approximate surface area is 103 Å². The fraction of sp³-hybridized carbons (Fsp3) is 0.636. The molecule has 102 valence electrons. The van der Waals surface area contributed by atoms with E-state index in [1.807, 2.05) is 0 Å². The zero-order valence-electron chi connectivity index (χ0n) is 9.76. The number of H-pyrrole nitrogens is 1. The molecule has 6 N–H and O–H groups in total. The summed E-state index contributed by atoms with van der Waals surface area (Å²) >= 11 is 0. The van der Waals surface area contributed by atoms with E-state index in [4.69, 9.17) is 4.74 Å². The van der Waals surface area contributed by atoms with Crippen LogP contribution in [0.1, 0.15) is 5.69 Å². The topological polar surface area (TPSA) is 126 Å². The van der Waals surface area contributed by atoms with Gasteiger partial charge in [0.05, 0.1) is 5.69 Å². The summed E-state index contributed by atoms with van der Waals surface area (Å²) in [4.78, 5) is 2.70. The molecule has 0 amide bonds. The van der Waals surface area contributed by atoms with Gasteiger partial charge in [-0.05, 0) is 12.1 Å². The van der Waals surface area contributed by atoms with Gasteiger partial charge in [-0.1, -0.05) is 0 Å². The zero-order chi connectivity index (χ0) is 13.5. The summed E-state index contributed by atoms with van der Waals surface area (Å²) in [5.74, 6) is 0. The maximum absolute atomic E-state index is 10.6. The molecule has 0 saturated heterocycles. The highest BCUT2D eigenvalue weighted by Crippen LogP contribution is 2.38. The smallest absolute Gasteiger partial charge is 0.161 e. The Morgan fingerprint density at radius 2 is 1.83 bits per heavy atom. The second-order valence-electron chi connectivity index (χ2n) is 4.48. The largest absolute Gasteiger partial charge is 0.387 e. The van der Waals surface area contributed by atoms with Crippen molar-refractivity contribution in [2.75, 3.05) is 7.11 Å². The zero-order valence-corrected chi connectivity index (χ0v) is 9.76. The van der Waals surface area contributed by atoms with Crippen LogP contribution in [0.3, 0.4) is 0 Å². The number of nitrogens with one attached hydrogen (secondary N) is 1. The number of aliphatic hydroxyl groups is 5.